The fourth-order valence-electron chi connectivity index (χ4n) is 4.06. The van der Waals surface area contributed by atoms with Gasteiger partial charge < -0.3 is 4.90 Å². The minimum atomic E-state index is -0.199. The Hall–Kier alpha value is -3.12. The van der Waals surface area contributed by atoms with Gasteiger partial charge in [0.25, 0.3) is 0 Å². The van der Waals surface area contributed by atoms with Crippen LogP contribution < -0.4 is 15.1 Å². The minimum absolute atomic E-state index is 0.0913. The van der Waals surface area contributed by atoms with Crippen LogP contribution >= 0.6 is 11.6 Å². The maximum absolute atomic E-state index is 13.3. The molecule has 1 fully saturated rings. The van der Waals surface area contributed by atoms with E-state index in [1.54, 1.807) is 11.1 Å². The number of hydrogen-bond donors (Lipinski definition) is 1. The molecule has 6 nitrogen and oxygen atoms in total. The first-order chi connectivity index (χ1) is 14.1. The normalized spacial score (nSPS) is 17.2. The average Bonchev–Trinajstić information content (AvgIpc) is 3.14. The number of pyridine rings is 2. The number of carbonyl (C=O) groups excluding carboxylic acids is 1. The fraction of sp³-hybridized carbons (Fsp3) is 0.227. The maximum Gasteiger partial charge on any atom is 0.329 e. The Morgan fingerprint density at radius 1 is 1.21 bits per heavy atom. The highest BCUT2D eigenvalue weighted by molar-refractivity contribution is 6.30. The summed E-state index contributed by atoms with van der Waals surface area (Å²) in [5.41, 5.74) is 3.62. The van der Waals surface area contributed by atoms with Gasteiger partial charge in [-0.15, -0.1) is 0 Å². The van der Waals surface area contributed by atoms with Crippen LogP contribution in [0.4, 0.5) is 22.1 Å². The van der Waals surface area contributed by atoms with Gasteiger partial charge in [0.15, 0.2) is 5.82 Å². The lowest BCUT2D eigenvalue weighted by molar-refractivity contribution is 0.254. The molecule has 1 atom stereocenters. The van der Waals surface area contributed by atoms with E-state index in [-0.39, 0.29) is 12.1 Å². The van der Waals surface area contributed by atoms with Crippen molar-refractivity contribution in [1.82, 2.24) is 9.97 Å². The fourth-order valence-corrected chi connectivity index (χ4v) is 4.25. The van der Waals surface area contributed by atoms with E-state index < -0.39 is 0 Å². The third-order valence-corrected chi connectivity index (χ3v) is 5.76. The third kappa shape index (κ3) is 3.19. The molecule has 29 heavy (non-hydrogen) atoms. The molecule has 2 aliphatic rings. The molecule has 2 amide bonds. The van der Waals surface area contributed by atoms with Crippen molar-refractivity contribution in [2.24, 2.45) is 0 Å². The van der Waals surface area contributed by atoms with Crippen LogP contribution in [-0.4, -0.2) is 35.1 Å². The summed E-state index contributed by atoms with van der Waals surface area (Å²) in [6.07, 6.45) is 2.59. The Balaban J connectivity index is 1.55. The summed E-state index contributed by atoms with van der Waals surface area (Å²) < 4.78 is 0. The van der Waals surface area contributed by atoms with Gasteiger partial charge in [-0.1, -0.05) is 29.8 Å². The molecule has 0 spiro atoms. The highest BCUT2D eigenvalue weighted by Crippen LogP contribution is 2.40. The van der Waals surface area contributed by atoms with Crippen LogP contribution in [0.5, 0.6) is 0 Å². The Morgan fingerprint density at radius 3 is 2.93 bits per heavy atom. The number of carbonyl (C=O) groups is 1. The standard InChI is InChI=1S/C22H20ClN5O/c1-14-4-3-10-24-20(14)26-22(29)28-17-9-11-27(13-17)19-8-7-18(25-21(19)28)15-5-2-6-16(23)12-15/h2-8,10,12,17H,9,11,13H2,1H3,(H,24,26,29)/t17-/m0/s1. The van der Waals surface area contributed by atoms with Crippen LogP contribution in [-0.2, 0) is 0 Å². The van der Waals surface area contributed by atoms with Gasteiger partial charge in [0.1, 0.15) is 5.82 Å². The highest BCUT2D eigenvalue weighted by atomic mass is 35.5. The van der Waals surface area contributed by atoms with Crippen molar-refractivity contribution >= 4 is 35.0 Å². The summed E-state index contributed by atoms with van der Waals surface area (Å²) in [6.45, 7) is 3.67. The lowest BCUT2D eigenvalue weighted by Crippen LogP contribution is -2.48. The molecular weight excluding hydrogens is 386 g/mol. The number of halogens is 1. The van der Waals surface area contributed by atoms with Crippen molar-refractivity contribution in [3.8, 4) is 11.3 Å². The van der Waals surface area contributed by atoms with Crippen molar-refractivity contribution in [2.45, 2.75) is 19.4 Å². The Morgan fingerprint density at radius 2 is 2.10 bits per heavy atom. The van der Waals surface area contributed by atoms with Crippen molar-refractivity contribution in [3.63, 3.8) is 0 Å². The number of aryl methyl sites for hydroxylation is 1. The SMILES string of the molecule is Cc1cccnc1NC(=O)N1c2nc(-c3cccc(Cl)c3)ccc2N2CC[C@H]1C2. The first-order valence-corrected chi connectivity index (χ1v) is 10.0. The molecule has 0 saturated carbocycles. The molecule has 2 bridgehead atoms. The number of urea groups is 1. The van der Waals surface area contributed by atoms with Gasteiger partial charge in [-0.3, -0.25) is 10.2 Å². The molecule has 7 heteroatoms. The zero-order chi connectivity index (χ0) is 20.0. The number of rotatable bonds is 2. The molecule has 1 N–H and O–H groups in total. The topological polar surface area (TPSA) is 61.4 Å². The van der Waals surface area contributed by atoms with E-state index in [4.69, 9.17) is 16.6 Å². The smallest absolute Gasteiger partial charge is 0.329 e. The molecule has 0 unspecified atom stereocenters. The van der Waals surface area contributed by atoms with E-state index >= 15 is 0 Å². The number of amides is 2. The predicted octanol–water partition coefficient (Wildman–Crippen LogP) is 4.74. The lowest BCUT2D eigenvalue weighted by atomic mass is 10.1. The lowest BCUT2D eigenvalue weighted by Gasteiger charge is -2.36. The van der Waals surface area contributed by atoms with E-state index in [0.29, 0.717) is 16.7 Å². The van der Waals surface area contributed by atoms with Crippen molar-refractivity contribution in [1.29, 1.82) is 0 Å². The number of anilines is 3. The Labute approximate surface area is 174 Å². The number of nitrogens with zero attached hydrogens (tertiary/aromatic N) is 4. The summed E-state index contributed by atoms with van der Waals surface area (Å²) in [6, 6.07) is 15.3. The summed E-state index contributed by atoms with van der Waals surface area (Å²) in [4.78, 5) is 26.5. The number of nitrogens with one attached hydrogen (secondary N) is 1. The van der Waals surface area contributed by atoms with Crippen molar-refractivity contribution < 1.29 is 4.79 Å². The quantitative estimate of drug-likeness (QED) is 0.669. The van der Waals surface area contributed by atoms with Crippen LogP contribution in [0, 0.1) is 6.92 Å². The summed E-state index contributed by atoms with van der Waals surface area (Å²) in [5, 5.41) is 3.63. The van der Waals surface area contributed by atoms with Crippen molar-refractivity contribution in [2.75, 3.05) is 28.2 Å². The van der Waals surface area contributed by atoms with E-state index in [9.17, 15) is 4.79 Å². The molecule has 2 aromatic heterocycles. The third-order valence-electron chi connectivity index (χ3n) is 5.53. The second kappa shape index (κ2) is 7.04. The second-order valence-corrected chi connectivity index (χ2v) is 7.84. The zero-order valence-electron chi connectivity index (χ0n) is 16.0. The van der Waals surface area contributed by atoms with E-state index in [1.165, 1.54) is 0 Å². The van der Waals surface area contributed by atoms with Gasteiger partial charge in [0.2, 0.25) is 0 Å². The largest absolute Gasteiger partial charge is 0.366 e. The summed E-state index contributed by atoms with van der Waals surface area (Å²) in [5.74, 6) is 1.26. The molecule has 1 saturated heterocycles. The monoisotopic (exact) mass is 405 g/mol. The van der Waals surface area contributed by atoms with Gasteiger partial charge in [0, 0.05) is 29.9 Å². The van der Waals surface area contributed by atoms with Crippen LogP contribution in [0.3, 0.4) is 0 Å². The highest BCUT2D eigenvalue weighted by Gasteiger charge is 2.40. The molecule has 2 aliphatic heterocycles. The van der Waals surface area contributed by atoms with E-state index in [0.717, 1.165) is 42.0 Å². The Kier molecular flexibility index (Phi) is 4.36. The number of aromatic nitrogens is 2. The molecule has 5 rings (SSSR count). The van der Waals surface area contributed by atoms with Gasteiger partial charge in [0.05, 0.1) is 17.4 Å². The van der Waals surface area contributed by atoms with Crippen LogP contribution in [0.1, 0.15) is 12.0 Å². The number of benzene rings is 1. The second-order valence-electron chi connectivity index (χ2n) is 7.41. The molecule has 146 valence electrons. The zero-order valence-corrected chi connectivity index (χ0v) is 16.7. The average molecular weight is 406 g/mol. The molecule has 4 heterocycles. The first kappa shape index (κ1) is 17.9. The molecule has 0 radical (unpaired) electrons. The van der Waals surface area contributed by atoms with E-state index in [1.807, 2.05) is 55.5 Å². The molecule has 0 aliphatic carbocycles. The van der Waals surface area contributed by atoms with Crippen LogP contribution in [0.15, 0.2) is 54.7 Å². The van der Waals surface area contributed by atoms with Gasteiger partial charge in [-0.2, -0.15) is 0 Å². The number of hydrogen-bond acceptors (Lipinski definition) is 4. The summed E-state index contributed by atoms with van der Waals surface area (Å²) in [7, 11) is 0. The summed E-state index contributed by atoms with van der Waals surface area (Å²) >= 11 is 6.16. The van der Waals surface area contributed by atoms with Crippen molar-refractivity contribution in [3.05, 3.63) is 65.3 Å². The Bertz CT molecular complexity index is 1100. The maximum atomic E-state index is 13.3. The van der Waals surface area contributed by atoms with Gasteiger partial charge >= 0.3 is 6.03 Å². The molecule has 1 aromatic carbocycles. The van der Waals surface area contributed by atoms with Gasteiger partial charge in [-0.25, -0.2) is 14.8 Å². The molecular formula is C22H20ClN5O. The van der Waals surface area contributed by atoms with Crippen LogP contribution in [0.2, 0.25) is 5.02 Å². The van der Waals surface area contributed by atoms with Gasteiger partial charge in [-0.05, 0) is 49.2 Å². The first-order valence-electron chi connectivity index (χ1n) is 9.64. The molecule has 3 aromatic rings. The van der Waals surface area contributed by atoms with Crippen LogP contribution in [0.25, 0.3) is 11.3 Å². The predicted molar refractivity (Wildman–Crippen MR) is 116 cm³/mol. The number of fused-ring (bicyclic) bond motifs is 4. The van der Waals surface area contributed by atoms with E-state index in [2.05, 4.69) is 15.2 Å². The minimum Gasteiger partial charge on any atom is -0.366 e.